The van der Waals surface area contributed by atoms with Crippen LogP contribution in [0, 0.1) is 0 Å². The summed E-state index contributed by atoms with van der Waals surface area (Å²) >= 11 is 5.69. The lowest BCUT2D eigenvalue weighted by atomic mass is 9.81. The van der Waals surface area contributed by atoms with E-state index >= 15 is 0 Å². The maximum absolute atomic E-state index is 11.5. The molecule has 0 aliphatic heterocycles. The molecule has 0 atom stereocenters. The number of hydrogen-bond donors (Lipinski definition) is 6. The summed E-state index contributed by atoms with van der Waals surface area (Å²) < 4.78 is 45.1. The molecule has 2 aromatic carbocycles. The van der Waals surface area contributed by atoms with Crippen LogP contribution in [0.2, 0.25) is 5.28 Å². The number of rotatable bonds is 10. The molecule has 0 saturated heterocycles. The Kier molecular flexibility index (Phi) is 11.7. The van der Waals surface area contributed by atoms with E-state index in [0.29, 0.717) is 29.3 Å². The zero-order valence-electron chi connectivity index (χ0n) is 29.0. The Morgan fingerprint density at radius 2 is 1.13 bits per heavy atom. The topological polar surface area (TPSA) is 242 Å². The lowest BCUT2D eigenvalue weighted by Gasteiger charge is -2.05. The second-order valence-electron chi connectivity index (χ2n) is 12.7. The van der Waals surface area contributed by atoms with Gasteiger partial charge in [0.2, 0.25) is 5.28 Å². The zero-order chi connectivity index (χ0) is 38.5. The van der Waals surface area contributed by atoms with Gasteiger partial charge in [-0.3, -0.25) is 10.2 Å². The fourth-order valence-electron chi connectivity index (χ4n) is 4.98. The van der Waals surface area contributed by atoms with Crippen molar-refractivity contribution in [2.75, 3.05) is 23.1 Å². The van der Waals surface area contributed by atoms with Gasteiger partial charge in [-0.25, -0.2) is 36.8 Å². The van der Waals surface area contributed by atoms with E-state index in [4.69, 9.17) is 21.6 Å². The first-order valence-corrected chi connectivity index (χ1v) is 20.8. The molecule has 2 aliphatic carbocycles. The Labute approximate surface area is 316 Å². The molecule has 4 aromatic heterocycles. The molecule has 0 spiro atoms. The van der Waals surface area contributed by atoms with Crippen LogP contribution in [0.3, 0.4) is 0 Å². The van der Waals surface area contributed by atoms with Crippen LogP contribution in [-0.4, -0.2) is 86.8 Å². The number of sulfone groups is 2. The molecule has 6 N–H and O–H groups in total. The number of aromatic amines is 2. The Bertz CT molecular complexity index is 2420. The monoisotopic (exact) mass is 790 g/mol. The standard InChI is InChI=1S/C17H17N5O2S.C10H10ClN5.C7H9BO4S/c1-25(23,24)13-6-4-12(5-7-13)17-18-9-8-15(20-17)19-16-10-14(21-22-16)11-2-3-11;11-10-12-4-3-8(14-10)13-9-5-7(15-16-9)6-1-2-6;1-13(11,12)7-4-2-6(3-5-7)8(9)10/h4-11H,2-3H2,1H3,(H2,18,19,20,21,22);3-6H,1-2H2,(H2,12,13,14,15,16);2-5,9-10H,1H3. The maximum atomic E-state index is 11.5. The van der Waals surface area contributed by atoms with Crippen LogP contribution >= 0.6 is 11.6 Å². The van der Waals surface area contributed by atoms with Gasteiger partial charge >= 0.3 is 7.12 Å². The van der Waals surface area contributed by atoms with Crippen LogP contribution in [0.5, 0.6) is 0 Å². The van der Waals surface area contributed by atoms with E-state index in [2.05, 4.69) is 51.0 Å². The molecular weight excluding hydrogens is 755 g/mol. The average molecular weight is 791 g/mol. The number of nitrogens with zero attached hydrogens (tertiary/aromatic N) is 6. The smallest absolute Gasteiger partial charge is 0.423 e. The number of hydrogen-bond acceptors (Lipinski definition) is 14. The van der Waals surface area contributed by atoms with E-state index in [1.54, 1.807) is 48.8 Å². The van der Waals surface area contributed by atoms with Gasteiger partial charge in [0, 0.05) is 65.8 Å². The molecule has 16 nitrogen and oxygen atoms in total. The highest BCUT2D eigenvalue weighted by atomic mass is 35.5. The Morgan fingerprint density at radius 1 is 0.667 bits per heavy atom. The van der Waals surface area contributed by atoms with E-state index < -0.39 is 26.8 Å². The first-order chi connectivity index (χ1) is 25.7. The first kappa shape index (κ1) is 38.5. The summed E-state index contributed by atoms with van der Waals surface area (Å²) in [6.07, 6.45) is 10.5. The lowest BCUT2D eigenvalue weighted by molar-refractivity contribution is 0.425. The molecule has 2 aliphatic rings. The van der Waals surface area contributed by atoms with Crippen LogP contribution in [0.15, 0.2) is 95.0 Å². The minimum absolute atomic E-state index is 0.164. The van der Waals surface area contributed by atoms with E-state index in [0.717, 1.165) is 29.1 Å². The van der Waals surface area contributed by atoms with Gasteiger partial charge in [0.1, 0.15) is 11.6 Å². The summed E-state index contributed by atoms with van der Waals surface area (Å²) in [7, 11) is -7.99. The summed E-state index contributed by atoms with van der Waals surface area (Å²) in [5, 5.41) is 38.4. The van der Waals surface area contributed by atoms with Crippen molar-refractivity contribution in [1.82, 2.24) is 40.3 Å². The third-order valence-corrected chi connectivity index (χ3v) is 10.6. The Balaban J connectivity index is 0.000000148. The van der Waals surface area contributed by atoms with Crippen molar-refractivity contribution in [2.24, 2.45) is 0 Å². The number of anilines is 4. The largest absolute Gasteiger partial charge is 0.488 e. The SMILES string of the molecule is CS(=O)(=O)c1ccc(-c2nccc(Nc3cc(C4CC4)[nH]n3)n2)cc1.CS(=O)(=O)c1ccc(B(O)O)cc1.Clc1nccc(Nc2cc(C3CC3)[nH]n2)n1. The van der Waals surface area contributed by atoms with Gasteiger partial charge in [-0.05, 0) is 91.3 Å². The van der Waals surface area contributed by atoms with Crippen LogP contribution in [0.25, 0.3) is 11.4 Å². The highest BCUT2D eigenvalue weighted by Gasteiger charge is 2.26. The second kappa shape index (κ2) is 16.4. The molecule has 0 unspecified atom stereocenters. The highest BCUT2D eigenvalue weighted by molar-refractivity contribution is 7.91. The van der Waals surface area contributed by atoms with E-state index in [1.807, 2.05) is 12.1 Å². The molecule has 6 aromatic rings. The molecule has 54 heavy (non-hydrogen) atoms. The average Bonchev–Trinajstić information content (AvgIpc) is 4.08. The molecular formula is C34H36BClN10O6S2. The zero-order valence-corrected chi connectivity index (χ0v) is 31.4. The van der Waals surface area contributed by atoms with Gasteiger partial charge < -0.3 is 20.7 Å². The summed E-state index contributed by atoms with van der Waals surface area (Å²) in [6.45, 7) is 0. The van der Waals surface area contributed by atoms with Gasteiger partial charge in [0.15, 0.2) is 37.1 Å². The van der Waals surface area contributed by atoms with Crippen LogP contribution < -0.4 is 16.1 Å². The molecule has 0 amide bonds. The maximum Gasteiger partial charge on any atom is 0.488 e. The highest BCUT2D eigenvalue weighted by Crippen LogP contribution is 2.40. The Hall–Kier alpha value is -5.21. The summed E-state index contributed by atoms with van der Waals surface area (Å²) in [6, 6.07) is 19.4. The molecule has 0 radical (unpaired) electrons. The molecule has 0 bridgehead atoms. The van der Waals surface area contributed by atoms with Gasteiger partial charge in [-0.15, -0.1) is 0 Å². The van der Waals surface area contributed by atoms with Crippen LogP contribution in [-0.2, 0) is 19.7 Å². The van der Waals surface area contributed by atoms with Crippen LogP contribution in [0.1, 0.15) is 48.9 Å². The fraction of sp³-hybridized carbons (Fsp3) is 0.235. The van der Waals surface area contributed by atoms with Crippen molar-refractivity contribution >= 4 is 67.1 Å². The number of halogens is 1. The summed E-state index contributed by atoms with van der Waals surface area (Å²) in [5.41, 5.74) is 3.35. The fourth-order valence-corrected chi connectivity index (χ4v) is 6.39. The summed E-state index contributed by atoms with van der Waals surface area (Å²) in [5.74, 6) is 4.55. The summed E-state index contributed by atoms with van der Waals surface area (Å²) in [4.78, 5) is 17.0. The third-order valence-electron chi connectivity index (χ3n) is 8.17. The molecule has 2 fully saturated rings. The molecule has 4 heterocycles. The van der Waals surface area contributed by atoms with Gasteiger partial charge in [0.25, 0.3) is 0 Å². The molecule has 2 saturated carbocycles. The first-order valence-electron chi connectivity index (χ1n) is 16.6. The number of nitrogens with one attached hydrogen (secondary N) is 4. The van der Waals surface area contributed by atoms with Crippen molar-refractivity contribution in [3.63, 3.8) is 0 Å². The number of benzene rings is 2. The number of H-pyrrole nitrogens is 2. The second-order valence-corrected chi connectivity index (χ2v) is 17.1. The third kappa shape index (κ3) is 10.9. The minimum atomic E-state index is -3.22. The van der Waals surface area contributed by atoms with Crippen molar-refractivity contribution < 1.29 is 26.9 Å². The van der Waals surface area contributed by atoms with E-state index in [1.165, 1.54) is 61.9 Å². The molecule has 8 rings (SSSR count). The minimum Gasteiger partial charge on any atom is -0.423 e. The van der Waals surface area contributed by atoms with Gasteiger partial charge in [-0.2, -0.15) is 10.2 Å². The lowest BCUT2D eigenvalue weighted by Crippen LogP contribution is -2.29. The predicted octanol–water partition coefficient (Wildman–Crippen LogP) is 4.14. The number of aromatic nitrogens is 8. The quantitative estimate of drug-likeness (QED) is 0.0845. The Morgan fingerprint density at radius 3 is 1.57 bits per heavy atom. The van der Waals surface area contributed by atoms with Crippen molar-refractivity contribution in [3.05, 3.63) is 102 Å². The predicted molar refractivity (Wildman–Crippen MR) is 205 cm³/mol. The van der Waals surface area contributed by atoms with Crippen molar-refractivity contribution in [2.45, 2.75) is 47.3 Å². The van der Waals surface area contributed by atoms with Crippen molar-refractivity contribution in [3.8, 4) is 11.4 Å². The molecule has 20 heteroatoms. The van der Waals surface area contributed by atoms with Gasteiger partial charge in [-0.1, -0.05) is 12.1 Å². The van der Waals surface area contributed by atoms with Crippen molar-refractivity contribution in [1.29, 1.82) is 0 Å². The van der Waals surface area contributed by atoms with Gasteiger partial charge in [0.05, 0.1) is 9.79 Å². The van der Waals surface area contributed by atoms with E-state index in [9.17, 15) is 16.8 Å². The molecule has 280 valence electrons. The van der Waals surface area contributed by atoms with E-state index in [-0.39, 0.29) is 20.5 Å². The normalized spacial score (nSPS) is 13.9. The van der Waals surface area contributed by atoms with Crippen LogP contribution in [0.4, 0.5) is 23.3 Å².